The summed E-state index contributed by atoms with van der Waals surface area (Å²) in [6, 6.07) is 0. The number of hydrogen-bond donors (Lipinski definition) is 2. The maximum absolute atomic E-state index is 9.14. The second-order valence-corrected chi connectivity index (χ2v) is 6.43. The Hall–Kier alpha value is -1.57. The molecule has 0 aliphatic carbocycles. The van der Waals surface area contributed by atoms with Gasteiger partial charge < -0.3 is 15.3 Å². The molecule has 3 rings (SSSR count). The second kappa shape index (κ2) is 7.13. The topological polar surface area (TPSA) is 74.2 Å². The molecule has 1 atom stereocenters. The van der Waals surface area contributed by atoms with Crippen LogP contribution in [-0.2, 0) is 0 Å². The van der Waals surface area contributed by atoms with E-state index in [1.165, 1.54) is 0 Å². The van der Waals surface area contributed by atoms with Crippen LogP contribution in [0.3, 0.4) is 0 Å². The van der Waals surface area contributed by atoms with E-state index in [1.807, 2.05) is 12.3 Å². The van der Waals surface area contributed by atoms with E-state index in [-0.39, 0.29) is 6.61 Å². The van der Waals surface area contributed by atoms with Gasteiger partial charge in [-0.2, -0.15) is 0 Å². The number of thiazole rings is 1. The number of β-amino-alcohol motifs (C(OH)–C–C–N with tert-alkyl or cyclic N) is 1. The van der Waals surface area contributed by atoms with Gasteiger partial charge >= 0.3 is 0 Å². The van der Waals surface area contributed by atoms with Gasteiger partial charge in [-0.1, -0.05) is 0 Å². The fourth-order valence-corrected chi connectivity index (χ4v) is 3.57. The van der Waals surface area contributed by atoms with E-state index in [0.717, 1.165) is 54.8 Å². The molecule has 0 bridgehead atoms. The Morgan fingerprint density at radius 2 is 2.27 bits per heavy atom. The average molecular weight is 319 g/mol. The number of aliphatic hydroxyl groups is 1. The van der Waals surface area contributed by atoms with Crippen molar-refractivity contribution in [3.05, 3.63) is 29.2 Å². The smallest absolute Gasteiger partial charge is 0.188 e. The van der Waals surface area contributed by atoms with Gasteiger partial charge in [0, 0.05) is 36.8 Å². The van der Waals surface area contributed by atoms with Gasteiger partial charge in [0.2, 0.25) is 0 Å². The van der Waals surface area contributed by atoms with Gasteiger partial charge in [0.1, 0.15) is 0 Å². The highest BCUT2D eigenvalue weighted by Crippen LogP contribution is 2.31. The Morgan fingerprint density at radius 3 is 3.05 bits per heavy atom. The molecule has 0 radical (unpaired) electrons. The molecule has 1 unspecified atom stereocenters. The molecule has 0 amide bonds. The number of aliphatic hydroxyl groups excluding tert-OH is 1. The fourth-order valence-electron chi connectivity index (χ4n) is 2.88. The minimum absolute atomic E-state index is 0.205. The highest BCUT2D eigenvalue weighted by Gasteiger charge is 2.25. The molecule has 6 nitrogen and oxygen atoms in total. The summed E-state index contributed by atoms with van der Waals surface area (Å²) in [5.74, 6) is 1.14. The van der Waals surface area contributed by atoms with Gasteiger partial charge in [-0.05, 0) is 26.3 Å². The van der Waals surface area contributed by atoms with Crippen molar-refractivity contribution in [1.29, 1.82) is 0 Å². The van der Waals surface area contributed by atoms with Gasteiger partial charge in [-0.15, -0.1) is 11.3 Å². The number of nitrogens with one attached hydrogen (secondary N) is 1. The second-order valence-electron chi connectivity index (χ2n) is 5.57. The molecular weight excluding hydrogens is 298 g/mol. The lowest BCUT2D eigenvalue weighted by Crippen LogP contribution is -2.36. The maximum Gasteiger partial charge on any atom is 0.188 e. The van der Waals surface area contributed by atoms with Crippen LogP contribution in [0, 0.1) is 6.92 Å². The van der Waals surface area contributed by atoms with E-state index >= 15 is 0 Å². The molecule has 0 saturated carbocycles. The normalized spacial score (nSPS) is 19.3. The minimum atomic E-state index is 0.205. The van der Waals surface area contributed by atoms with Gasteiger partial charge in [0.25, 0.3) is 0 Å². The van der Waals surface area contributed by atoms with Crippen molar-refractivity contribution in [3.63, 3.8) is 0 Å². The lowest BCUT2D eigenvalue weighted by Gasteiger charge is -2.32. The number of rotatable bonds is 5. The van der Waals surface area contributed by atoms with Crippen LogP contribution in [0.15, 0.2) is 17.8 Å². The number of likely N-dealkylation sites (tertiary alicyclic amines) is 1. The van der Waals surface area contributed by atoms with Crippen LogP contribution in [0.4, 0.5) is 10.9 Å². The average Bonchev–Trinajstić information content (AvgIpc) is 2.94. The molecule has 1 aliphatic heterocycles. The van der Waals surface area contributed by atoms with E-state index in [9.17, 15) is 0 Å². The Morgan fingerprint density at radius 1 is 1.41 bits per heavy atom. The zero-order chi connectivity index (χ0) is 15.4. The Kier molecular flexibility index (Phi) is 4.97. The largest absolute Gasteiger partial charge is 0.395 e. The molecule has 0 aromatic carbocycles. The number of anilines is 2. The van der Waals surface area contributed by atoms with Gasteiger partial charge in [-0.3, -0.25) is 4.98 Å². The van der Waals surface area contributed by atoms with Crippen LogP contribution < -0.4 is 5.32 Å². The molecule has 118 valence electrons. The van der Waals surface area contributed by atoms with Crippen LogP contribution in [0.25, 0.3) is 0 Å². The summed E-state index contributed by atoms with van der Waals surface area (Å²) < 4.78 is 0. The van der Waals surface area contributed by atoms with Gasteiger partial charge in [-0.25, -0.2) is 9.97 Å². The number of aryl methyl sites for hydroxylation is 1. The molecular formula is C15H21N5OS. The van der Waals surface area contributed by atoms with Gasteiger partial charge in [0.05, 0.1) is 18.0 Å². The third-order valence-electron chi connectivity index (χ3n) is 3.88. The first-order chi connectivity index (χ1) is 10.8. The van der Waals surface area contributed by atoms with Crippen LogP contribution in [0.5, 0.6) is 0 Å². The SMILES string of the molecule is Cc1csc(Nc2nccnc2C2CCCN(CCO)C2)n1. The molecule has 1 fully saturated rings. The lowest BCUT2D eigenvalue weighted by molar-refractivity contribution is 0.160. The number of aromatic nitrogens is 3. The predicted octanol–water partition coefficient (Wildman–Crippen LogP) is 2.16. The van der Waals surface area contributed by atoms with E-state index in [0.29, 0.717) is 5.92 Å². The van der Waals surface area contributed by atoms with Crippen LogP contribution >= 0.6 is 11.3 Å². The first-order valence-electron chi connectivity index (χ1n) is 7.59. The summed E-state index contributed by atoms with van der Waals surface area (Å²) >= 11 is 1.57. The molecule has 1 aliphatic rings. The van der Waals surface area contributed by atoms with E-state index in [2.05, 4.69) is 25.2 Å². The first-order valence-corrected chi connectivity index (χ1v) is 8.47. The summed E-state index contributed by atoms with van der Waals surface area (Å²) in [7, 11) is 0. The quantitative estimate of drug-likeness (QED) is 0.880. The summed E-state index contributed by atoms with van der Waals surface area (Å²) in [5, 5.41) is 15.3. The molecule has 2 aromatic rings. The molecule has 1 saturated heterocycles. The van der Waals surface area contributed by atoms with E-state index in [1.54, 1.807) is 23.7 Å². The van der Waals surface area contributed by atoms with Crippen molar-refractivity contribution in [2.45, 2.75) is 25.7 Å². The van der Waals surface area contributed by atoms with E-state index in [4.69, 9.17) is 5.11 Å². The van der Waals surface area contributed by atoms with Crippen LogP contribution in [-0.4, -0.2) is 51.2 Å². The van der Waals surface area contributed by atoms with Crippen molar-refractivity contribution < 1.29 is 5.11 Å². The van der Waals surface area contributed by atoms with Crippen molar-refractivity contribution in [1.82, 2.24) is 19.9 Å². The first kappa shape index (κ1) is 15.3. The Labute approximate surface area is 134 Å². The van der Waals surface area contributed by atoms with Crippen LogP contribution in [0.2, 0.25) is 0 Å². The van der Waals surface area contributed by atoms with Crippen molar-refractivity contribution in [2.24, 2.45) is 0 Å². The highest BCUT2D eigenvalue weighted by molar-refractivity contribution is 7.13. The summed E-state index contributed by atoms with van der Waals surface area (Å²) in [6.45, 7) is 4.88. The molecule has 3 heterocycles. The van der Waals surface area contributed by atoms with Crippen molar-refractivity contribution >= 4 is 22.3 Å². The zero-order valence-corrected chi connectivity index (χ0v) is 13.5. The Bertz CT molecular complexity index is 615. The van der Waals surface area contributed by atoms with Crippen molar-refractivity contribution in [2.75, 3.05) is 31.6 Å². The number of nitrogens with zero attached hydrogens (tertiary/aromatic N) is 4. The monoisotopic (exact) mass is 319 g/mol. The van der Waals surface area contributed by atoms with Crippen molar-refractivity contribution in [3.8, 4) is 0 Å². The highest BCUT2D eigenvalue weighted by atomic mass is 32.1. The maximum atomic E-state index is 9.14. The van der Waals surface area contributed by atoms with Crippen LogP contribution in [0.1, 0.15) is 30.1 Å². The lowest BCUT2D eigenvalue weighted by atomic mass is 9.94. The predicted molar refractivity (Wildman–Crippen MR) is 87.7 cm³/mol. The molecule has 2 aromatic heterocycles. The summed E-state index contributed by atoms with van der Waals surface area (Å²) in [4.78, 5) is 15.7. The zero-order valence-electron chi connectivity index (χ0n) is 12.7. The molecule has 2 N–H and O–H groups in total. The number of piperidine rings is 1. The molecule has 7 heteroatoms. The molecule has 22 heavy (non-hydrogen) atoms. The number of hydrogen-bond acceptors (Lipinski definition) is 7. The van der Waals surface area contributed by atoms with E-state index < -0.39 is 0 Å². The summed E-state index contributed by atoms with van der Waals surface area (Å²) in [6.07, 6.45) is 5.68. The third kappa shape index (κ3) is 3.60. The Balaban J connectivity index is 1.78. The fraction of sp³-hybridized carbons (Fsp3) is 0.533. The molecule has 0 spiro atoms. The standard InChI is InChI=1S/C15H21N5OS/c1-11-10-22-15(18-11)19-14-13(16-4-5-17-14)12-3-2-6-20(9-12)7-8-21/h4-5,10,12,21H,2-3,6-9H2,1H3,(H,17,18,19). The van der Waals surface area contributed by atoms with Gasteiger partial charge in [0.15, 0.2) is 10.9 Å². The summed E-state index contributed by atoms with van der Waals surface area (Å²) in [5.41, 5.74) is 2.00. The minimum Gasteiger partial charge on any atom is -0.395 e. The third-order valence-corrected chi connectivity index (χ3v) is 4.75.